The van der Waals surface area contributed by atoms with E-state index in [1.807, 2.05) is 0 Å². The molecule has 4 nitrogen and oxygen atoms in total. The number of carboxylic acid groups (broad SMARTS) is 1. The van der Waals surface area contributed by atoms with Crippen LogP contribution in [0.3, 0.4) is 0 Å². The normalized spacial score (nSPS) is 15.5. The SMILES string of the molecule is COc1c(Br)cc(CC(=O)O)cc1OC1CCCC1. The average molecular weight is 329 g/mol. The van der Waals surface area contributed by atoms with Gasteiger partial charge in [0.15, 0.2) is 11.5 Å². The topological polar surface area (TPSA) is 55.8 Å². The summed E-state index contributed by atoms with van der Waals surface area (Å²) in [4.78, 5) is 10.8. The highest BCUT2D eigenvalue weighted by Gasteiger charge is 2.20. The molecule has 0 amide bonds. The third-order valence-electron chi connectivity index (χ3n) is 3.22. The molecule has 1 aromatic carbocycles. The lowest BCUT2D eigenvalue weighted by atomic mass is 10.1. The number of carbonyl (C=O) groups is 1. The minimum absolute atomic E-state index is 0.0242. The Labute approximate surface area is 120 Å². The molecular weight excluding hydrogens is 312 g/mol. The van der Waals surface area contributed by atoms with Crippen LogP contribution in [0.1, 0.15) is 31.2 Å². The summed E-state index contributed by atoms with van der Waals surface area (Å²) in [6.07, 6.45) is 4.64. The number of hydrogen-bond donors (Lipinski definition) is 1. The molecule has 1 aromatic rings. The van der Waals surface area contributed by atoms with Crippen LogP contribution >= 0.6 is 15.9 Å². The van der Waals surface area contributed by atoms with Crippen LogP contribution in [0, 0.1) is 0 Å². The van der Waals surface area contributed by atoms with Crippen LogP contribution in [0.4, 0.5) is 0 Å². The number of rotatable bonds is 5. The van der Waals surface area contributed by atoms with Crippen LogP contribution in [0.25, 0.3) is 0 Å². The molecule has 0 spiro atoms. The Bertz CT molecular complexity index is 467. The van der Waals surface area contributed by atoms with E-state index in [0.717, 1.165) is 17.3 Å². The van der Waals surface area contributed by atoms with Gasteiger partial charge in [-0.1, -0.05) is 0 Å². The summed E-state index contributed by atoms with van der Waals surface area (Å²) in [6, 6.07) is 3.52. The molecule has 0 saturated heterocycles. The third-order valence-corrected chi connectivity index (χ3v) is 3.81. The van der Waals surface area contributed by atoms with Crippen molar-refractivity contribution in [1.82, 2.24) is 0 Å². The summed E-state index contributed by atoms with van der Waals surface area (Å²) >= 11 is 3.40. The van der Waals surface area contributed by atoms with E-state index in [1.165, 1.54) is 12.8 Å². The van der Waals surface area contributed by atoms with E-state index in [1.54, 1.807) is 19.2 Å². The highest BCUT2D eigenvalue weighted by atomic mass is 79.9. The Morgan fingerprint density at radius 2 is 2.11 bits per heavy atom. The van der Waals surface area contributed by atoms with Crippen molar-refractivity contribution in [3.63, 3.8) is 0 Å². The molecule has 0 aromatic heterocycles. The molecule has 1 aliphatic rings. The van der Waals surface area contributed by atoms with E-state index >= 15 is 0 Å². The first-order valence-corrected chi connectivity index (χ1v) is 7.14. The largest absolute Gasteiger partial charge is 0.492 e. The van der Waals surface area contributed by atoms with Gasteiger partial charge in [-0.3, -0.25) is 4.79 Å². The van der Waals surface area contributed by atoms with Gasteiger partial charge in [-0.2, -0.15) is 0 Å². The molecule has 104 valence electrons. The second kappa shape index (κ2) is 6.28. The first-order chi connectivity index (χ1) is 9.10. The second-order valence-corrected chi connectivity index (χ2v) is 5.56. The zero-order valence-electron chi connectivity index (χ0n) is 10.8. The lowest BCUT2D eigenvalue weighted by molar-refractivity contribution is -0.136. The summed E-state index contributed by atoms with van der Waals surface area (Å²) in [5.74, 6) is 0.393. The van der Waals surface area contributed by atoms with E-state index < -0.39 is 5.97 Å². The van der Waals surface area contributed by atoms with Gasteiger partial charge in [-0.15, -0.1) is 0 Å². The Kier molecular flexibility index (Phi) is 4.69. The molecule has 1 aliphatic carbocycles. The number of benzene rings is 1. The average Bonchev–Trinajstić information content (AvgIpc) is 2.80. The van der Waals surface area contributed by atoms with Crippen molar-refractivity contribution in [1.29, 1.82) is 0 Å². The maximum atomic E-state index is 10.8. The minimum Gasteiger partial charge on any atom is -0.492 e. The van der Waals surface area contributed by atoms with Gasteiger partial charge in [0.05, 0.1) is 24.1 Å². The van der Waals surface area contributed by atoms with Gasteiger partial charge < -0.3 is 14.6 Å². The van der Waals surface area contributed by atoms with Crippen LogP contribution in [-0.4, -0.2) is 24.3 Å². The molecule has 2 rings (SSSR count). The van der Waals surface area contributed by atoms with Gasteiger partial charge in [0.25, 0.3) is 0 Å². The van der Waals surface area contributed by atoms with Gasteiger partial charge in [0.1, 0.15) is 0 Å². The quantitative estimate of drug-likeness (QED) is 0.899. The van der Waals surface area contributed by atoms with Crippen LogP contribution in [0.5, 0.6) is 11.5 Å². The van der Waals surface area contributed by atoms with E-state index in [4.69, 9.17) is 14.6 Å². The van der Waals surface area contributed by atoms with Crippen molar-refractivity contribution in [3.8, 4) is 11.5 Å². The highest BCUT2D eigenvalue weighted by molar-refractivity contribution is 9.10. The molecule has 0 heterocycles. The van der Waals surface area contributed by atoms with Gasteiger partial charge in [0, 0.05) is 0 Å². The molecular formula is C14H17BrO4. The molecule has 0 atom stereocenters. The van der Waals surface area contributed by atoms with Crippen LogP contribution in [-0.2, 0) is 11.2 Å². The lowest BCUT2D eigenvalue weighted by Gasteiger charge is -2.17. The van der Waals surface area contributed by atoms with Crippen molar-refractivity contribution in [2.45, 2.75) is 38.2 Å². The number of aliphatic carboxylic acids is 1. The lowest BCUT2D eigenvalue weighted by Crippen LogP contribution is -2.12. The van der Waals surface area contributed by atoms with Crippen molar-refractivity contribution in [2.24, 2.45) is 0 Å². The number of hydrogen-bond acceptors (Lipinski definition) is 3. The monoisotopic (exact) mass is 328 g/mol. The zero-order chi connectivity index (χ0) is 13.8. The van der Waals surface area contributed by atoms with E-state index in [-0.39, 0.29) is 12.5 Å². The molecule has 0 bridgehead atoms. The summed E-state index contributed by atoms with van der Waals surface area (Å²) in [6.45, 7) is 0. The van der Waals surface area contributed by atoms with Crippen molar-refractivity contribution < 1.29 is 19.4 Å². The van der Waals surface area contributed by atoms with E-state index in [2.05, 4.69) is 15.9 Å². The molecule has 0 aliphatic heterocycles. The predicted octanol–water partition coefficient (Wildman–Crippen LogP) is 3.41. The predicted molar refractivity (Wildman–Crippen MR) is 74.9 cm³/mol. The van der Waals surface area contributed by atoms with Gasteiger partial charge >= 0.3 is 5.97 Å². The molecule has 5 heteroatoms. The summed E-state index contributed by atoms with van der Waals surface area (Å²) in [7, 11) is 1.58. The minimum atomic E-state index is -0.858. The number of ether oxygens (including phenoxy) is 2. The summed E-state index contributed by atoms with van der Waals surface area (Å²) < 4.78 is 12.0. The third kappa shape index (κ3) is 3.62. The zero-order valence-corrected chi connectivity index (χ0v) is 12.4. The van der Waals surface area contributed by atoms with Crippen LogP contribution in [0.15, 0.2) is 16.6 Å². The fraction of sp³-hybridized carbons (Fsp3) is 0.500. The smallest absolute Gasteiger partial charge is 0.307 e. The molecule has 1 saturated carbocycles. The van der Waals surface area contributed by atoms with Crippen LogP contribution in [0.2, 0.25) is 0 Å². The van der Waals surface area contributed by atoms with Crippen molar-refractivity contribution in [3.05, 3.63) is 22.2 Å². The van der Waals surface area contributed by atoms with E-state index in [0.29, 0.717) is 17.1 Å². The van der Waals surface area contributed by atoms with E-state index in [9.17, 15) is 4.79 Å². The van der Waals surface area contributed by atoms with Crippen LogP contribution < -0.4 is 9.47 Å². The highest BCUT2D eigenvalue weighted by Crippen LogP contribution is 2.38. The van der Waals surface area contributed by atoms with Gasteiger partial charge in [0.2, 0.25) is 0 Å². The van der Waals surface area contributed by atoms with Gasteiger partial charge in [-0.25, -0.2) is 0 Å². The fourth-order valence-electron chi connectivity index (χ4n) is 2.37. The molecule has 19 heavy (non-hydrogen) atoms. The summed E-state index contributed by atoms with van der Waals surface area (Å²) in [5, 5.41) is 8.87. The van der Waals surface area contributed by atoms with Crippen molar-refractivity contribution in [2.75, 3.05) is 7.11 Å². The maximum absolute atomic E-state index is 10.8. The standard InChI is InChI=1S/C14H17BrO4/c1-18-14-11(15)6-9(8-13(16)17)7-12(14)19-10-4-2-3-5-10/h6-7,10H,2-5,8H2,1H3,(H,16,17). The van der Waals surface area contributed by atoms with Crippen molar-refractivity contribution >= 4 is 21.9 Å². The number of halogens is 1. The van der Waals surface area contributed by atoms with Gasteiger partial charge in [-0.05, 0) is 59.3 Å². The molecule has 0 radical (unpaired) electrons. The Balaban J connectivity index is 2.26. The summed E-state index contributed by atoms with van der Waals surface area (Å²) in [5.41, 5.74) is 0.702. The fourth-order valence-corrected chi connectivity index (χ4v) is 3.02. The molecule has 0 unspecified atom stereocenters. The first kappa shape index (κ1) is 14.2. The Hall–Kier alpha value is -1.23. The first-order valence-electron chi connectivity index (χ1n) is 6.35. The number of carboxylic acids is 1. The Morgan fingerprint density at radius 3 is 2.68 bits per heavy atom. The molecule has 1 N–H and O–H groups in total. The maximum Gasteiger partial charge on any atom is 0.307 e. The Morgan fingerprint density at radius 1 is 1.42 bits per heavy atom. The second-order valence-electron chi connectivity index (χ2n) is 4.70. The molecule has 1 fully saturated rings. The number of methoxy groups -OCH3 is 1.